The van der Waals surface area contributed by atoms with Crippen molar-refractivity contribution < 1.29 is 14.3 Å². The summed E-state index contributed by atoms with van der Waals surface area (Å²) in [6, 6.07) is 11.4. The normalized spacial score (nSPS) is 10.8. The second-order valence-corrected chi connectivity index (χ2v) is 7.21. The minimum atomic E-state index is -0.126. The van der Waals surface area contributed by atoms with Gasteiger partial charge in [-0.25, -0.2) is 4.98 Å². The fourth-order valence-corrected chi connectivity index (χ4v) is 3.40. The minimum absolute atomic E-state index is 0.104. The van der Waals surface area contributed by atoms with Gasteiger partial charge in [0.2, 0.25) is 5.91 Å². The van der Waals surface area contributed by atoms with Crippen molar-refractivity contribution in [3.8, 4) is 11.5 Å². The zero-order valence-electron chi connectivity index (χ0n) is 18.3. The molecule has 7 nitrogen and oxygen atoms in total. The van der Waals surface area contributed by atoms with Gasteiger partial charge >= 0.3 is 0 Å². The summed E-state index contributed by atoms with van der Waals surface area (Å²) in [6.07, 6.45) is 2.40. The Bertz CT molecular complexity index is 1110. The lowest BCUT2D eigenvalue weighted by Crippen LogP contribution is -2.29. The van der Waals surface area contributed by atoms with Crippen molar-refractivity contribution in [2.45, 2.75) is 40.2 Å². The quantitative estimate of drug-likeness (QED) is 0.541. The van der Waals surface area contributed by atoms with Crippen LogP contribution in [-0.4, -0.2) is 35.2 Å². The molecule has 1 aromatic heterocycles. The van der Waals surface area contributed by atoms with Crippen LogP contribution in [0, 0.1) is 6.92 Å². The fraction of sp³-hybridized carbons (Fsp3) is 0.375. The Balaban J connectivity index is 1.53. The SMILES string of the molecule is CCOc1ccc(CCNC(=O)CCn2cnc3c(C)cccc3c2=O)cc1OCC. The van der Waals surface area contributed by atoms with Crippen molar-refractivity contribution in [3.05, 3.63) is 64.2 Å². The Labute approximate surface area is 182 Å². The molecule has 164 valence electrons. The van der Waals surface area contributed by atoms with Gasteiger partial charge in [-0.1, -0.05) is 18.2 Å². The summed E-state index contributed by atoms with van der Waals surface area (Å²) in [5, 5.41) is 3.48. The summed E-state index contributed by atoms with van der Waals surface area (Å²) in [4.78, 5) is 29.2. The standard InChI is InChI=1S/C24H29N3O4/c1-4-30-20-10-9-18(15-21(20)31-5-2)11-13-25-22(28)12-14-27-16-26-23-17(3)7-6-8-19(23)24(27)29/h6-10,15-16H,4-5,11-14H2,1-3H3,(H,25,28). The average Bonchev–Trinajstić information content (AvgIpc) is 2.76. The monoisotopic (exact) mass is 423 g/mol. The van der Waals surface area contributed by atoms with E-state index in [1.165, 1.54) is 10.9 Å². The Morgan fingerprint density at radius 3 is 2.65 bits per heavy atom. The molecule has 0 bridgehead atoms. The zero-order chi connectivity index (χ0) is 22.2. The lowest BCUT2D eigenvalue weighted by Gasteiger charge is -2.13. The van der Waals surface area contributed by atoms with Crippen molar-refractivity contribution in [2.24, 2.45) is 0 Å². The van der Waals surface area contributed by atoms with E-state index in [0.717, 1.165) is 16.9 Å². The molecule has 2 aromatic carbocycles. The highest BCUT2D eigenvalue weighted by atomic mass is 16.5. The van der Waals surface area contributed by atoms with Crippen molar-refractivity contribution in [2.75, 3.05) is 19.8 Å². The molecule has 1 heterocycles. The van der Waals surface area contributed by atoms with Gasteiger partial charge in [0.1, 0.15) is 0 Å². The summed E-state index contributed by atoms with van der Waals surface area (Å²) < 4.78 is 12.7. The van der Waals surface area contributed by atoms with E-state index in [0.29, 0.717) is 49.4 Å². The van der Waals surface area contributed by atoms with E-state index < -0.39 is 0 Å². The van der Waals surface area contributed by atoms with E-state index >= 15 is 0 Å². The van der Waals surface area contributed by atoms with Crippen LogP contribution in [0.25, 0.3) is 10.9 Å². The molecule has 0 unspecified atom stereocenters. The second kappa shape index (κ2) is 10.6. The van der Waals surface area contributed by atoms with Crippen LogP contribution in [-0.2, 0) is 17.8 Å². The number of carbonyl (C=O) groups is 1. The molecule has 1 N–H and O–H groups in total. The molecule has 0 saturated heterocycles. The highest BCUT2D eigenvalue weighted by Gasteiger charge is 2.09. The smallest absolute Gasteiger partial charge is 0.261 e. The third-order valence-electron chi connectivity index (χ3n) is 4.98. The van der Waals surface area contributed by atoms with Gasteiger partial charge in [0.05, 0.1) is 30.4 Å². The minimum Gasteiger partial charge on any atom is -0.490 e. The molecule has 0 aliphatic heterocycles. The van der Waals surface area contributed by atoms with E-state index in [4.69, 9.17) is 9.47 Å². The molecule has 0 fully saturated rings. The molecule has 7 heteroatoms. The van der Waals surface area contributed by atoms with Crippen LogP contribution in [0.15, 0.2) is 47.5 Å². The molecule has 0 aliphatic rings. The van der Waals surface area contributed by atoms with Crippen molar-refractivity contribution >= 4 is 16.8 Å². The van der Waals surface area contributed by atoms with Gasteiger partial charge in [-0.2, -0.15) is 0 Å². The Morgan fingerprint density at radius 2 is 1.87 bits per heavy atom. The lowest BCUT2D eigenvalue weighted by atomic mass is 10.1. The number of amides is 1. The van der Waals surface area contributed by atoms with Gasteiger partial charge in [0, 0.05) is 19.5 Å². The number of hydrogen-bond acceptors (Lipinski definition) is 5. The predicted molar refractivity (Wildman–Crippen MR) is 121 cm³/mol. The van der Waals surface area contributed by atoms with Crippen LogP contribution in [0.2, 0.25) is 0 Å². The molecular weight excluding hydrogens is 394 g/mol. The van der Waals surface area contributed by atoms with Gasteiger partial charge in [-0.15, -0.1) is 0 Å². The molecule has 1 amide bonds. The van der Waals surface area contributed by atoms with Gasteiger partial charge < -0.3 is 14.8 Å². The number of nitrogens with zero attached hydrogens (tertiary/aromatic N) is 2. The van der Waals surface area contributed by atoms with Gasteiger partial charge in [-0.05, 0) is 56.5 Å². The van der Waals surface area contributed by atoms with E-state index in [2.05, 4.69) is 10.3 Å². The second-order valence-electron chi connectivity index (χ2n) is 7.21. The van der Waals surface area contributed by atoms with Crippen molar-refractivity contribution in [1.29, 1.82) is 0 Å². The predicted octanol–water partition coefficient (Wildman–Crippen LogP) is 3.25. The van der Waals surface area contributed by atoms with E-state index in [9.17, 15) is 9.59 Å². The number of benzene rings is 2. The first-order valence-corrected chi connectivity index (χ1v) is 10.6. The third-order valence-corrected chi connectivity index (χ3v) is 4.98. The number of para-hydroxylation sites is 1. The summed E-state index contributed by atoms with van der Waals surface area (Å²) in [5.74, 6) is 1.33. The molecule has 3 rings (SSSR count). The highest BCUT2D eigenvalue weighted by molar-refractivity contribution is 5.80. The number of aryl methyl sites for hydroxylation is 2. The fourth-order valence-electron chi connectivity index (χ4n) is 3.40. The summed E-state index contributed by atoms with van der Waals surface area (Å²) >= 11 is 0. The summed E-state index contributed by atoms with van der Waals surface area (Å²) in [7, 11) is 0. The molecule has 0 saturated carbocycles. The number of rotatable bonds is 10. The Kier molecular flexibility index (Phi) is 7.65. The first-order chi connectivity index (χ1) is 15.0. The maximum Gasteiger partial charge on any atom is 0.261 e. The van der Waals surface area contributed by atoms with Crippen LogP contribution >= 0.6 is 0 Å². The maximum absolute atomic E-state index is 12.6. The number of aromatic nitrogens is 2. The first kappa shape index (κ1) is 22.3. The molecule has 31 heavy (non-hydrogen) atoms. The largest absolute Gasteiger partial charge is 0.490 e. The Morgan fingerprint density at radius 1 is 1.10 bits per heavy atom. The number of nitrogens with one attached hydrogen (secondary N) is 1. The number of hydrogen-bond donors (Lipinski definition) is 1. The van der Waals surface area contributed by atoms with E-state index in [-0.39, 0.29) is 17.9 Å². The topological polar surface area (TPSA) is 82.5 Å². The molecule has 0 radical (unpaired) electrons. The molecule has 0 aliphatic carbocycles. The van der Waals surface area contributed by atoms with Gasteiger partial charge in [0.15, 0.2) is 11.5 Å². The third kappa shape index (κ3) is 5.63. The maximum atomic E-state index is 12.6. The van der Waals surface area contributed by atoms with Crippen LogP contribution in [0.5, 0.6) is 11.5 Å². The lowest BCUT2D eigenvalue weighted by molar-refractivity contribution is -0.121. The van der Waals surface area contributed by atoms with E-state index in [1.807, 2.05) is 51.1 Å². The molecule has 3 aromatic rings. The highest BCUT2D eigenvalue weighted by Crippen LogP contribution is 2.28. The van der Waals surface area contributed by atoms with Crippen LogP contribution in [0.1, 0.15) is 31.4 Å². The zero-order valence-corrected chi connectivity index (χ0v) is 18.3. The van der Waals surface area contributed by atoms with Crippen molar-refractivity contribution in [3.63, 3.8) is 0 Å². The number of fused-ring (bicyclic) bond motifs is 1. The number of carbonyl (C=O) groups excluding carboxylic acids is 1. The van der Waals surface area contributed by atoms with Crippen LogP contribution < -0.4 is 20.3 Å². The molecule has 0 atom stereocenters. The molecule has 0 spiro atoms. The Hall–Kier alpha value is -3.35. The first-order valence-electron chi connectivity index (χ1n) is 10.6. The summed E-state index contributed by atoms with van der Waals surface area (Å²) in [6.45, 7) is 7.71. The van der Waals surface area contributed by atoms with Crippen LogP contribution in [0.3, 0.4) is 0 Å². The molecular formula is C24H29N3O4. The average molecular weight is 424 g/mol. The van der Waals surface area contributed by atoms with Gasteiger partial charge in [-0.3, -0.25) is 14.2 Å². The van der Waals surface area contributed by atoms with Gasteiger partial charge in [0.25, 0.3) is 5.56 Å². The van der Waals surface area contributed by atoms with E-state index in [1.54, 1.807) is 6.07 Å². The number of ether oxygens (including phenoxy) is 2. The summed E-state index contributed by atoms with van der Waals surface area (Å²) in [5.41, 5.74) is 2.59. The van der Waals surface area contributed by atoms with Crippen molar-refractivity contribution in [1.82, 2.24) is 14.9 Å². The van der Waals surface area contributed by atoms with Crippen LogP contribution in [0.4, 0.5) is 0 Å².